The molecule has 52 heavy (non-hydrogen) atoms. The number of piperidine rings is 1. The van der Waals surface area contributed by atoms with Crippen molar-refractivity contribution in [2.45, 2.75) is 56.2 Å². The van der Waals surface area contributed by atoms with Gasteiger partial charge in [0.2, 0.25) is 5.88 Å². The molecule has 2 amide bonds. The maximum atomic E-state index is 15.1. The number of likely N-dealkylation sites (tertiary alicyclic amines) is 1. The van der Waals surface area contributed by atoms with Gasteiger partial charge in [0.25, 0.3) is 21.5 Å². The number of nitrogens with zero attached hydrogens (tertiary/aromatic N) is 6. The Morgan fingerprint density at radius 3 is 2.37 bits per heavy atom. The molecule has 3 aromatic rings. The van der Waals surface area contributed by atoms with E-state index in [-0.39, 0.29) is 45.5 Å². The van der Waals surface area contributed by atoms with Gasteiger partial charge in [-0.15, -0.1) is 0 Å². The van der Waals surface area contributed by atoms with Crippen molar-refractivity contribution in [3.8, 4) is 23.4 Å². The third-order valence-corrected chi connectivity index (χ3v) is 11.8. The molecule has 4 heterocycles. The van der Waals surface area contributed by atoms with Crippen LogP contribution < -0.4 is 18.5 Å². The van der Waals surface area contributed by atoms with Gasteiger partial charge < -0.3 is 28.7 Å². The molecule has 0 spiro atoms. The summed E-state index contributed by atoms with van der Waals surface area (Å²) in [5, 5.41) is 9.94. The van der Waals surface area contributed by atoms with Gasteiger partial charge >= 0.3 is 6.09 Å². The number of rotatable bonds is 10. The van der Waals surface area contributed by atoms with Gasteiger partial charge in [0.05, 0.1) is 43.7 Å². The van der Waals surface area contributed by atoms with E-state index in [0.29, 0.717) is 48.3 Å². The van der Waals surface area contributed by atoms with Gasteiger partial charge in [-0.05, 0) is 89.2 Å². The lowest BCUT2D eigenvalue weighted by molar-refractivity contribution is -0.132. The summed E-state index contributed by atoms with van der Waals surface area (Å²) >= 11 is 0. The minimum atomic E-state index is -4.74. The van der Waals surface area contributed by atoms with Crippen LogP contribution in [0.15, 0.2) is 59.6 Å². The molecule has 0 bridgehead atoms. The fourth-order valence-electron chi connectivity index (χ4n) is 7.31. The lowest BCUT2D eigenvalue weighted by Gasteiger charge is -2.43. The predicted octanol–water partition coefficient (Wildman–Crippen LogP) is 3.98. The number of carbonyl (C=O) groups is 2. The molecule has 0 radical (unpaired) electrons. The highest BCUT2D eigenvalue weighted by molar-refractivity contribution is 7.93. The summed E-state index contributed by atoms with van der Waals surface area (Å²) in [6, 6.07) is 14.2. The second-order valence-corrected chi connectivity index (χ2v) is 14.9. The molecule has 0 aliphatic carbocycles. The number of carbonyl (C=O) groups excluding carboxylic acids is 2. The minimum Gasteiger partial charge on any atom is -0.497 e. The van der Waals surface area contributed by atoms with Gasteiger partial charge in [-0.1, -0.05) is 0 Å². The molecule has 6 rings (SSSR count). The van der Waals surface area contributed by atoms with E-state index in [1.807, 2.05) is 0 Å². The largest absolute Gasteiger partial charge is 0.497 e. The normalized spacial score (nSPS) is 20.1. The van der Waals surface area contributed by atoms with Crippen molar-refractivity contribution in [1.29, 1.82) is 5.26 Å². The number of anilines is 1. The Bertz CT molecular complexity index is 1970. The van der Waals surface area contributed by atoms with Gasteiger partial charge in [-0.2, -0.15) is 9.57 Å². The van der Waals surface area contributed by atoms with Crippen molar-refractivity contribution in [3.63, 3.8) is 0 Å². The van der Waals surface area contributed by atoms with Crippen LogP contribution in [0.2, 0.25) is 0 Å². The lowest BCUT2D eigenvalue weighted by Crippen LogP contribution is -2.56. The smallest absolute Gasteiger partial charge is 0.411 e. The molecule has 3 aliphatic heterocycles. The molecule has 0 saturated carbocycles. The van der Waals surface area contributed by atoms with Crippen LogP contribution in [0.1, 0.15) is 50.3 Å². The number of piperazine rings is 1. The van der Waals surface area contributed by atoms with E-state index < -0.39 is 27.6 Å². The monoisotopic (exact) mass is 732 g/mol. The number of hydrogen-bond donors (Lipinski definition) is 0. The molecule has 1 atom stereocenters. The molecule has 2 fully saturated rings. The average Bonchev–Trinajstić information content (AvgIpc) is 3.42. The summed E-state index contributed by atoms with van der Waals surface area (Å²) in [6.45, 7) is 10.3. The molecule has 1 unspecified atom stereocenters. The highest BCUT2D eigenvalue weighted by Gasteiger charge is 2.61. The highest BCUT2D eigenvalue weighted by Crippen LogP contribution is 2.52. The summed E-state index contributed by atoms with van der Waals surface area (Å²) in [7, 11) is -2.01. The molecule has 0 N–H and O–H groups in total. The van der Waals surface area contributed by atoms with Crippen LogP contribution in [-0.2, 0) is 25.2 Å². The Balaban J connectivity index is 1.41. The highest BCUT2D eigenvalue weighted by atomic mass is 32.2. The van der Waals surface area contributed by atoms with Crippen LogP contribution in [-0.4, -0.2) is 112 Å². The second-order valence-electron chi connectivity index (χ2n) is 13.2. The Kier molecular flexibility index (Phi) is 10.6. The van der Waals surface area contributed by atoms with Crippen molar-refractivity contribution in [2.75, 3.05) is 64.4 Å². The molecular formula is C37H44N6O8S. The number of hydrogen-bond acceptors (Lipinski definition) is 12. The summed E-state index contributed by atoms with van der Waals surface area (Å²) in [5.41, 5.74) is -2.39. The van der Waals surface area contributed by atoms with E-state index in [9.17, 15) is 18.5 Å². The first-order valence-corrected chi connectivity index (χ1v) is 18.8. The zero-order chi connectivity index (χ0) is 37.2. The van der Waals surface area contributed by atoms with Crippen molar-refractivity contribution in [3.05, 3.63) is 71.4 Å². The van der Waals surface area contributed by atoms with Crippen molar-refractivity contribution >= 4 is 27.7 Å². The third kappa shape index (κ3) is 6.50. The minimum absolute atomic E-state index is 0.0153. The maximum absolute atomic E-state index is 15.1. The number of methoxy groups -OCH3 is 2. The number of benzene rings is 2. The zero-order valence-corrected chi connectivity index (χ0v) is 30.9. The van der Waals surface area contributed by atoms with Crippen LogP contribution >= 0.6 is 0 Å². The Morgan fingerprint density at radius 1 is 1.00 bits per heavy atom. The lowest BCUT2D eigenvalue weighted by atomic mass is 9.87. The first-order chi connectivity index (χ1) is 25.0. The van der Waals surface area contributed by atoms with Crippen LogP contribution in [0.4, 0.5) is 10.5 Å². The Labute approximate surface area is 304 Å². The molecule has 2 saturated heterocycles. The van der Waals surface area contributed by atoms with E-state index in [4.69, 9.17) is 18.9 Å². The number of sulfonamides is 1. The Hall–Kier alpha value is -4.91. The first kappa shape index (κ1) is 36.9. The van der Waals surface area contributed by atoms with E-state index in [1.54, 1.807) is 13.0 Å². The molecule has 2 aromatic carbocycles. The van der Waals surface area contributed by atoms with Gasteiger partial charge in [-0.3, -0.25) is 9.69 Å². The summed E-state index contributed by atoms with van der Waals surface area (Å²) in [5.74, 6) is -0.865. The van der Waals surface area contributed by atoms with Gasteiger partial charge in [0, 0.05) is 56.1 Å². The number of fused-ring (bicyclic) bond motifs is 1. The van der Waals surface area contributed by atoms with E-state index in [2.05, 4.69) is 34.7 Å². The van der Waals surface area contributed by atoms with Gasteiger partial charge in [-0.25, -0.2) is 18.2 Å². The van der Waals surface area contributed by atoms with E-state index in [1.165, 1.54) is 67.8 Å². The van der Waals surface area contributed by atoms with Gasteiger partial charge in [0.1, 0.15) is 16.4 Å². The molecular weight excluding hydrogens is 689 g/mol. The molecule has 14 nitrogen and oxygen atoms in total. The zero-order valence-electron chi connectivity index (χ0n) is 30.1. The summed E-state index contributed by atoms with van der Waals surface area (Å²) in [6.07, 6.45) is 2.73. The SMILES string of the molecule is CCOc1ncccc1C1(OC(=O)N2CCN(C3CCN(C(C)C)CC3)CC2)C(=O)N(S(=O)(=O)c2ccc(OC)cc2OC)c2ccc(C#N)cc21. The first-order valence-electron chi connectivity index (χ1n) is 17.4. The number of nitriles is 1. The third-order valence-electron chi connectivity index (χ3n) is 10.1. The van der Waals surface area contributed by atoms with Gasteiger partial charge in [0.15, 0.2) is 0 Å². The fourth-order valence-corrected chi connectivity index (χ4v) is 8.91. The van der Waals surface area contributed by atoms with Crippen LogP contribution in [0.5, 0.6) is 17.4 Å². The van der Waals surface area contributed by atoms with E-state index >= 15 is 4.79 Å². The molecule has 1 aromatic heterocycles. The topological polar surface area (TPSA) is 155 Å². The second kappa shape index (κ2) is 15.0. The van der Waals surface area contributed by atoms with Crippen LogP contribution in [0.3, 0.4) is 0 Å². The molecule has 3 aliphatic rings. The van der Waals surface area contributed by atoms with Crippen LogP contribution in [0.25, 0.3) is 0 Å². The predicted molar refractivity (Wildman–Crippen MR) is 191 cm³/mol. The fraction of sp³-hybridized carbons (Fsp3) is 0.459. The van der Waals surface area contributed by atoms with Crippen molar-refractivity contribution in [1.82, 2.24) is 19.7 Å². The average molecular weight is 733 g/mol. The number of pyridine rings is 1. The number of aromatic nitrogens is 1. The van der Waals surface area contributed by atoms with E-state index in [0.717, 1.165) is 25.9 Å². The Morgan fingerprint density at radius 2 is 1.73 bits per heavy atom. The van der Waals surface area contributed by atoms with Crippen molar-refractivity contribution < 1.29 is 37.0 Å². The maximum Gasteiger partial charge on any atom is 0.411 e. The quantitative estimate of drug-likeness (QED) is 0.296. The molecule has 15 heteroatoms. The molecule has 276 valence electrons. The standard InChI is InChI=1S/C37H44N6O8S/c1-6-50-34-29(8-7-15-39-34)37(51-36(45)42-20-18-41(19-21-42)27-13-16-40(17-14-27)25(2)3)30-22-26(24-38)9-11-31(30)43(35(37)44)52(46,47)33-12-10-28(48-4)23-32(33)49-5/h7-12,15,22-23,25,27H,6,13-14,16-21H2,1-5H3. The van der Waals surface area contributed by atoms with Crippen molar-refractivity contribution in [2.24, 2.45) is 0 Å². The summed E-state index contributed by atoms with van der Waals surface area (Å²) in [4.78, 5) is 39.9. The summed E-state index contributed by atoms with van der Waals surface area (Å²) < 4.78 is 52.7. The number of ether oxygens (including phenoxy) is 4. The van der Waals surface area contributed by atoms with Crippen LogP contribution in [0, 0.1) is 11.3 Å². The number of amides is 2.